The zero-order chi connectivity index (χ0) is 63.1. The highest BCUT2D eigenvalue weighted by Crippen LogP contribution is 2.33. The van der Waals surface area contributed by atoms with Gasteiger partial charge < -0.3 is 44.9 Å². The van der Waals surface area contributed by atoms with Crippen LogP contribution in [0.1, 0.15) is 80.0 Å². The molecule has 12 rings (SSSR count). The van der Waals surface area contributed by atoms with E-state index in [9.17, 15) is 19.2 Å². The van der Waals surface area contributed by atoms with Crippen molar-refractivity contribution in [3.05, 3.63) is 192 Å². The average Bonchev–Trinajstić information content (AvgIpc) is 2.01. The Hall–Kier alpha value is -10.2. The van der Waals surface area contributed by atoms with Gasteiger partial charge in [-0.05, 0) is 183 Å². The molecule has 5 N–H and O–H groups in total. The number of aromatic nitrogens is 8. The lowest BCUT2D eigenvalue weighted by Gasteiger charge is -2.24. The van der Waals surface area contributed by atoms with Gasteiger partial charge in [0.1, 0.15) is 23.3 Å². The second-order valence-corrected chi connectivity index (χ2v) is 24.3. The summed E-state index contributed by atoms with van der Waals surface area (Å²) in [5.41, 5.74) is 17.2. The van der Waals surface area contributed by atoms with Crippen LogP contribution in [0.3, 0.4) is 0 Å². The minimum absolute atomic E-state index is 0.0637. The number of fused-ring (bicyclic) bond motifs is 4. The fraction of sp³-hybridized carbons (Fsp3) is 0.243. The summed E-state index contributed by atoms with van der Waals surface area (Å²) in [7, 11) is 12.1. The predicted octanol–water partition coefficient (Wildman–Crippen LogP) is 13.5. The number of imidazole rings is 4. The second kappa shape index (κ2) is 27.3. The first-order valence-electron chi connectivity index (χ1n) is 31.1. The van der Waals surface area contributed by atoms with Gasteiger partial charge in [-0.3, -0.25) is 19.2 Å². The van der Waals surface area contributed by atoms with Gasteiger partial charge in [0.15, 0.2) is 11.6 Å². The molecule has 4 aromatic heterocycles. The fourth-order valence-corrected chi connectivity index (χ4v) is 11.5. The lowest BCUT2D eigenvalue weighted by molar-refractivity contribution is 0.0747. The van der Waals surface area contributed by atoms with Crippen molar-refractivity contribution in [3.63, 3.8) is 0 Å². The molecule has 0 bridgehead atoms. The summed E-state index contributed by atoms with van der Waals surface area (Å²) in [5.74, 6) is 2.94. The van der Waals surface area contributed by atoms with Crippen LogP contribution in [0.2, 0.25) is 0 Å². The normalized spacial score (nSPS) is 11.7. The standard InChI is InChI=1S/C74H75N13O4/c1-84(2)38-7-11-67(88)47-13-17-49(18-14-47)69-76-59-33-29-55(43-63(59)80-69)57-31-35-61-65(45-57)82-71(78-61)51-21-25-53(26-22-51)73(90)75-37-9-41-87(42-10-40-86(5)6)74(91)54-27-23-52(24-28-54)72-79-62-36-32-58(46-66(62)83-72)56-30-34-60-64(44-56)81-70(77-60)50-19-15-48(16-20-50)68(89)12-8-39-85(3)4/h13-36,43-46H,7-12,37-42H2,1-6H3,(H,75,90)(H,76,80)(H,77,81)(H,78,82)(H,79,83). The summed E-state index contributed by atoms with van der Waals surface area (Å²) in [4.78, 5) is 94.7. The van der Waals surface area contributed by atoms with Gasteiger partial charge in [-0.25, -0.2) is 19.9 Å². The number of nitrogens with one attached hydrogen (secondary N) is 5. The molecule has 0 unspecified atom stereocenters. The van der Waals surface area contributed by atoms with Crippen LogP contribution < -0.4 is 5.32 Å². The Morgan fingerprint density at radius 1 is 0.341 bits per heavy atom. The van der Waals surface area contributed by atoms with Crippen LogP contribution in [0.4, 0.5) is 0 Å². The maximum Gasteiger partial charge on any atom is 0.253 e. The SMILES string of the molecule is CN(C)CCCC(=O)c1ccc(-c2nc3ccc(-c4ccc5nc(-c6ccc(C(=O)NCCCN(CCCN(C)C)C(=O)c7ccc(-c8nc9ccc(-c%10ccc%11nc(-c%12ccc(C(=O)CCCN(C)C)cc%12)[nH]c%11c%10)cc9[nH]8)cc7)cc6)[nH]c5c4)cc3[nH]2)cc1. The summed E-state index contributed by atoms with van der Waals surface area (Å²) < 4.78 is 0. The molecule has 0 fully saturated rings. The van der Waals surface area contributed by atoms with Crippen LogP contribution in [0.15, 0.2) is 170 Å². The van der Waals surface area contributed by atoms with Gasteiger partial charge in [0.05, 0.1) is 44.1 Å². The summed E-state index contributed by atoms with van der Waals surface area (Å²) in [6.45, 7) is 4.05. The van der Waals surface area contributed by atoms with E-state index in [0.29, 0.717) is 72.8 Å². The highest BCUT2D eigenvalue weighted by atomic mass is 16.2. The molecule has 0 aliphatic rings. The Bertz CT molecular complexity index is 4570. The van der Waals surface area contributed by atoms with Gasteiger partial charge in [-0.1, -0.05) is 97.1 Å². The predicted molar refractivity (Wildman–Crippen MR) is 364 cm³/mol. The Morgan fingerprint density at radius 2 is 0.637 bits per heavy atom. The number of ketones is 2. The second-order valence-electron chi connectivity index (χ2n) is 24.3. The number of carbonyl (C=O) groups excluding carboxylic acids is 4. The molecule has 0 atom stereocenters. The maximum atomic E-state index is 14.2. The molecule has 17 nitrogen and oxygen atoms in total. The topological polar surface area (TPSA) is 208 Å². The van der Waals surface area contributed by atoms with Crippen molar-refractivity contribution in [1.29, 1.82) is 0 Å². The van der Waals surface area contributed by atoms with Crippen molar-refractivity contribution in [2.45, 2.75) is 38.5 Å². The van der Waals surface area contributed by atoms with E-state index in [4.69, 9.17) is 19.9 Å². The molecule has 0 saturated heterocycles. The first kappa shape index (κ1) is 61.1. The van der Waals surface area contributed by atoms with Crippen molar-refractivity contribution in [2.75, 3.05) is 81.6 Å². The van der Waals surface area contributed by atoms with Crippen LogP contribution in [0, 0.1) is 0 Å². The molecule has 2 amide bonds. The van der Waals surface area contributed by atoms with Crippen LogP contribution in [-0.2, 0) is 0 Å². The summed E-state index contributed by atoms with van der Waals surface area (Å²) in [6.07, 6.45) is 4.09. The van der Waals surface area contributed by atoms with Crippen molar-refractivity contribution in [3.8, 4) is 67.8 Å². The minimum Gasteiger partial charge on any atom is -0.352 e. The van der Waals surface area contributed by atoms with Gasteiger partial charge in [-0.2, -0.15) is 0 Å². The summed E-state index contributed by atoms with van der Waals surface area (Å²) in [5, 5.41) is 3.07. The van der Waals surface area contributed by atoms with Crippen molar-refractivity contribution in [1.82, 2.24) is 64.8 Å². The first-order chi connectivity index (χ1) is 44.1. The highest BCUT2D eigenvalue weighted by Gasteiger charge is 2.19. The molecule has 91 heavy (non-hydrogen) atoms. The Balaban J connectivity index is 0.638. The minimum atomic E-state index is -0.188. The van der Waals surface area contributed by atoms with E-state index >= 15 is 0 Å². The Labute approximate surface area is 529 Å². The van der Waals surface area contributed by atoms with Crippen molar-refractivity contribution >= 4 is 67.5 Å². The van der Waals surface area contributed by atoms with Crippen molar-refractivity contribution in [2.24, 2.45) is 0 Å². The van der Waals surface area contributed by atoms with E-state index in [1.54, 1.807) is 0 Å². The van der Waals surface area contributed by atoms with Gasteiger partial charge in [0, 0.05) is 77.0 Å². The molecule has 8 aromatic carbocycles. The van der Waals surface area contributed by atoms with E-state index in [1.165, 1.54) is 0 Å². The lowest BCUT2D eigenvalue weighted by Crippen LogP contribution is -2.36. The number of aromatic amines is 4. The Morgan fingerprint density at radius 3 is 0.978 bits per heavy atom. The van der Waals surface area contributed by atoms with E-state index in [1.807, 2.05) is 169 Å². The molecular weight excluding hydrogens is 1130 g/mol. The maximum absolute atomic E-state index is 14.2. The van der Waals surface area contributed by atoms with E-state index < -0.39 is 0 Å². The number of amides is 2. The zero-order valence-corrected chi connectivity index (χ0v) is 52.4. The third-order valence-electron chi connectivity index (χ3n) is 16.6. The molecule has 4 heterocycles. The van der Waals surface area contributed by atoms with Gasteiger partial charge in [0.2, 0.25) is 0 Å². The molecule has 12 aromatic rings. The van der Waals surface area contributed by atoms with Crippen LogP contribution >= 0.6 is 0 Å². The average molecular weight is 1210 g/mol. The fourth-order valence-electron chi connectivity index (χ4n) is 11.5. The van der Waals surface area contributed by atoms with Crippen LogP contribution in [0.5, 0.6) is 0 Å². The number of benzene rings is 8. The van der Waals surface area contributed by atoms with Gasteiger partial charge >= 0.3 is 0 Å². The smallest absolute Gasteiger partial charge is 0.253 e. The number of carbonyl (C=O) groups is 4. The quantitative estimate of drug-likeness (QED) is 0.0254. The summed E-state index contributed by atoms with van der Waals surface area (Å²) in [6, 6.07) is 55.1. The molecule has 0 radical (unpaired) electrons. The number of Topliss-reactive ketones (excluding diaryl/α,β-unsaturated/α-hetero) is 2. The van der Waals surface area contributed by atoms with Gasteiger partial charge in [0.25, 0.3) is 11.8 Å². The number of H-pyrrole nitrogens is 4. The number of nitrogens with zero attached hydrogens (tertiary/aromatic N) is 8. The van der Waals surface area contributed by atoms with Crippen LogP contribution in [-0.4, -0.2) is 164 Å². The van der Waals surface area contributed by atoms with E-state index in [0.717, 1.165) is 139 Å². The van der Waals surface area contributed by atoms with Crippen molar-refractivity contribution < 1.29 is 19.2 Å². The lowest BCUT2D eigenvalue weighted by atomic mass is 10.0. The van der Waals surface area contributed by atoms with Crippen LogP contribution in [0.25, 0.3) is 112 Å². The first-order valence-corrected chi connectivity index (χ1v) is 31.1. The highest BCUT2D eigenvalue weighted by molar-refractivity contribution is 5.99. The zero-order valence-electron chi connectivity index (χ0n) is 52.4. The Kier molecular flexibility index (Phi) is 18.3. The molecule has 0 saturated carbocycles. The largest absolute Gasteiger partial charge is 0.352 e. The number of rotatable bonds is 26. The molecule has 17 heteroatoms. The number of hydrogen-bond donors (Lipinski definition) is 5. The third-order valence-corrected chi connectivity index (χ3v) is 16.6. The molecular formula is C74H75N13O4. The monoisotopic (exact) mass is 1210 g/mol. The molecule has 0 spiro atoms. The van der Waals surface area contributed by atoms with Gasteiger partial charge in [-0.15, -0.1) is 0 Å². The third kappa shape index (κ3) is 14.5. The summed E-state index contributed by atoms with van der Waals surface area (Å²) >= 11 is 0. The molecule has 0 aliphatic heterocycles. The molecule has 0 aliphatic carbocycles. The molecule has 460 valence electrons. The van der Waals surface area contributed by atoms with E-state index in [-0.39, 0.29) is 23.4 Å². The van der Waals surface area contributed by atoms with E-state index in [2.05, 4.69) is 88.5 Å². The number of hydrogen-bond acceptors (Lipinski definition) is 11.